The molecule has 27 heavy (non-hydrogen) atoms. The Morgan fingerprint density at radius 1 is 1.22 bits per heavy atom. The van der Waals surface area contributed by atoms with E-state index in [4.69, 9.17) is 16.9 Å². The van der Waals surface area contributed by atoms with Crippen molar-refractivity contribution in [2.75, 3.05) is 5.32 Å². The van der Waals surface area contributed by atoms with Crippen LogP contribution in [0.3, 0.4) is 0 Å². The Labute approximate surface area is 159 Å². The number of hydrogen-bond donors (Lipinski definition) is 1. The van der Waals surface area contributed by atoms with Gasteiger partial charge in [0.25, 0.3) is 5.56 Å². The van der Waals surface area contributed by atoms with Crippen molar-refractivity contribution in [2.24, 2.45) is 0 Å². The van der Waals surface area contributed by atoms with Crippen molar-refractivity contribution in [3.8, 4) is 11.9 Å². The summed E-state index contributed by atoms with van der Waals surface area (Å²) < 4.78 is 2.63. The van der Waals surface area contributed by atoms with Gasteiger partial charge < -0.3 is 5.32 Å². The van der Waals surface area contributed by atoms with Crippen molar-refractivity contribution in [1.82, 2.24) is 19.6 Å². The van der Waals surface area contributed by atoms with Gasteiger partial charge in [-0.15, -0.1) is 5.10 Å². The van der Waals surface area contributed by atoms with Crippen LogP contribution >= 0.6 is 11.6 Å². The number of aryl methyl sites for hydroxylation is 2. The maximum atomic E-state index is 12.3. The fourth-order valence-corrected chi connectivity index (χ4v) is 2.74. The molecule has 2 heterocycles. The van der Waals surface area contributed by atoms with E-state index in [-0.39, 0.29) is 17.8 Å². The SMILES string of the molecule is Cc1cc(C)n(-c2ccc(=O)n(CC(=O)Nc3cc(Cl)ccc3C#N)n2)n1. The summed E-state index contributed by atoms with van der Waals surface area (Å²) in [6.45, 7) is 3.40. The first kappa shape index (κ1) is 18.4. The van der Waals surface area contributed by atoms with Gasteiger partial charge in [-0.25, -0.2) is 9.36 Å². The summed E-state index contributed by atoms with van der Waals surface area (Å²) in [5, 5.41) is 20.6. The number of anilines is 1. The van der Waals surface area contributed by atoms with Crippen LogP contribution in [-0.4, -0.2) is 25.5 Å². The highest BCUT2D eigenvalue weighted by molar-refractivity contribution is 6.31. The molecule has 0 atom stereocenters. The van der Waals surface area contributed by atoms with Crippen LogP contribution in [0.25, 0.3) is 5.82 Å². The summed E-state index contributed by atoms with van der Waals surface area (Å²) in [7, 11) is 0. The van der Waals surface area contributed by atoms with Gasteiger partial charge in [-0.2, -0.15) is 10.4 Å². The number of rotatable bonds is 4. The first-order valence-electron chi connectivity index (χ1n) is 7.98. The highest BCUT2D eigenvalue weighted by Gasteiger charge is 2.12. The van der Waals surface area contributed by atoms with E-state index in [1.165, 1.54) is 18.2 Å². The molecule has 8 nitrogen and oxygen atoms in total. The molecule has 0 radical (unpaired) electrons. The van der Waals surface area contributed by atoms with Gasteiger partial charge in [0.05, 0.1) is 16.9 Å². The number of amides is 1. The zero-order valence-electron chi connectivity index (χ0n) is 14.6. The molecule has 0 saturated heterocycles. The Bertz CT molecular complexity index is 1130. The highest BCUT2D eigenvalue weighted by atomic mass is 35.5. The molecule has 0 bridgehead atoms. The average molecular weight is 383 g/mol. The lowest BCUT2D eigenvalue weighted by Gasteiger charge is -2.10. The van der Waals surface area contributed by atoms with Gasteiger partial charge in [-0.3, -0.25) is 9.59 Å². The average Bonchev–Trinajstić information content (AvgIpc) is 2.95. The lowest BCUT2D eigenvalue weighted by molar-refractivity contribution is -0.117. The van der Waals surface area contributed by atoms with Gasteiger partial charge >= 0.3 is 0 Å². The second-order valence-corrected chi connectivity index (χ2v) is 6.31. The Morgan fingerprint density at radius 3 is 2.67 bits per heavy atom. The number of hydrogen-bond acceptors (Lipinski definition) is 5. The standard InChI is InChI=1S/C18H15ClN6O2/c1-11-7-12(2)25(22-11)16-5-6-18(27)24(23-16)10-17(26)21-15-8-14(19)4-3-13(15)9-20/h3-8H,10H2,1-2H3,(H,21,26). The van der Waals surface area contributed by atoms with E-state index in [1.807, 2.05) is 26.0 Å². The van der Waals surface area contributed by atoms with Gasteiger partial charge in [0.1, 0.15) is 12.6 Å². The van der Waals surface area contributed by atoms with Crippen LogP contribution in [0, 0.1) is 25.2 Å². The maximum absolute atomic E-state index is 12.3. The van der Waals surface area contributed by atoms with Gasteiger partial charge in [-0.1, -0.05) is 11.6 Å². The summed E-state index contributed by atoms with van der Waals surface area (Å²) in [4.78, 5) is 24.4. The van der Waals surface area contributed by atoms with Crippen LogP contribution in [0.4, 0.5) is 5.69 Å². The predicted octanol–water partition coefficient (Wildman–Crippen LogP) is 2.21. The molecule has 0 aliphatic rings. The van der Waals surface area contributed by atoms with Crippen LogP contribution in [-0.2, 0) is 11.3 Å². The minimum atomic E-state index is -0.506. The Balaban J connectivity index is 1.86. The summed E-state index contributed by atoms with van der Waals surface area (Å²) in [5.41, 5.74) is 1.78. The Morgan fingerprint density at radius 2 is 2.00 bits per heavy atom. The van der Waals surface area contributed by atoms with Crippen LogP contribution in [0.5, 0.6) is 0 Å². The van der Waals surface area contributed by atoms with Crippen LogP contribution in [0.15, 0.2) is 41.2 Å². The zero-order valence-corrected chi connectivity index (χ0v) is 15.4. The summed E-state index contributed by atoms with van der Waals surface area (Å²) in [5.74, 6) is -0.0812. The van der Waals surface area contributed by atoms with E-state index in [9.17, 15) is 9.59 Å². The van der Waals surface area contributed by atoms with Gasteiger partial charge in [0, 0.05) is 16.8 Å². The minimum absolute atomic E-state index is 0.268. The molecular formula is C18H15ClN6O2. The minimum Gasteiger partial charge on any atom is -0.323 e. The zero-order chi connectivity index (χ0) is 19.6. The number of aromatic nitrogens is 4. The highest BCUT2D eigenvalue weighted by Crippen LogP contribution is 2.20. The monoisotopic (exact) mass is 382 g/mol. The first-order chi connectivity index (χ1) is 12.9. The topological polar surface area (TPSA) is 106 Å². The number of halogens is 1. The molecular weight excluding hydrogens is 368 g/mol. The number of benzene rings is 1. The van der Waals surface area contributed by atoms with Crippen LogP contribution in [0.1, 0.15) is 17.0 Å². The van der Waals surface area contributed by atoms with Crippen molar-refractivity contribution < 1.29 is 4.79 Å². The lowest BCUT2D eigenvalue weighted by Crippen LogP contribution is -2.30. The fraction of sp³-hybridized carbons (Fsp3) is 0.167. The van der Waals surface area contributed by atoms with Crippen LogP contribution in [0.2, 0.25) is 5.02 Å². The summed E-state index contributed by atoms with van der Waals surface area (Å²) in [6, 6.07) is 11.3. The largest absolute Gasteiger partial charge is 0.323 e. The predicted molar refractivity (Wildman–Crippen MR) is 99.9 cm³/mol. The van der Waals surface area contributed by atoms with Gasteiger partial charge in [0.15, 0.2) is 5.82 Å². The molecule has 136 valence electrons. The van der Waals surface area contributed by atoms with Crippen molar-refractivity contribution in [3.63, 3.8) is 0 Å². The van der Waals surface area contributed by atoms with E-state index in [1.54, 1.807) is 16.8 Å². The van der Waals surface area contributed by atoms with Gasteiger partial charge in [0.2, 0.25) is 5.91 Å². The maximum Gasteiger partial charge on any atom is 0.267 e. The molecule has 0 aliphatic carbocycles. The smallest absolute Gasteiger partial charge is 0.267 e. The third-order valence-corrected chi connectivity index (χ3v) is 3.98. The van der Waals surface area contributed by atoms with Gasteiger partial charge in [-0.05, 0) is 44.2 Å². The number of carbonyl (C=O) groups is 1. The molecule has 3 aromatic rings. The van der Waals surface area contributed by atoms with Crippen molar-refractivity contribution >= 4 is 23.2 Å². The molecule has 0 spiro atoms. The normalized spacial score (nSPS) is 10.4. The molecule has 0 saturated carbocycles. The summed E-state index contributed by atoms with van der Waals surface area (Å²) >= 11 is 5.91. The molecule has 3 rings (SSSR count). The number of nitriles is 1. The number of nitrogens with one attached hydrogen (secondary N) is 1. The third-order valence-electron chi connectivity index (χ3n) is 3.75. The van der Waals surface area contributed by atoms with Crippen molar-refractivity contribution in [1.29, 1.82) is 5.26 Å². The second-order valence-electron chi connectivity index (χ2n) is 5.88. The van der Waals surface area contributed by atoms with Crippen molar-refractivity contribution in [2.45, 2.75) is 20.4 Å². The molecule has 1 aromatic carbocycles. The number of carbonyl (C=O) groups excluding carboxylic acids is 1. The van der Waals surface area contributed by atoms with Crippen molar-refractivity contribution in [3.05, 3.63) is 68.7 Å². The fourth-order valence-electron chi connectivity index (χ4n) is 2.57. The molecule has 1 N–H and O–H groups in total. The van der Waals surface area contributed by atoms with E-state index in [2.05, 4.69) is 15.5 Å². The Kier molecular flexibility index (Phi) is 5.05. The third kappa shape index (κ3) is 4.04. The molecule has 9 heteroatoms. The molecule has 2 aromatic heterocycles. The summed E-state index contributed by atoms with van der Waals surface area (Å²) in [6.07, 6.45) is 0. The molecule has 0 aliphatic heterocycles. The molecule has 0 fully saturated rings. The molecule has 1 amide bonds. The lowest BCUT2D eigenvalue weighted by atomic mass is 10.2. The number of nitrogens with zero attached hydrogens (tertiary/aromatic N) is 5. The molecule has 0 unspecified atom stereocenters. The van der Waals surface area contributed by atoms with Crippen LogP contribution < -0.4 is 10.9 Å². The van der Waals surface area contributed by atoms with E-state index < -0.39 is 11.5 Å². The van der Waals surface area contributed by atoms with E-state index in [0.717, 1.165) is 16.1 Å². The van der Waals surface area contributed by atoms with E-state index >= 15 is 0 Å². The first-order valence-corrected chi connectivity index (χ1v) is 8.36. The quantitative estimate of drug-likeness (QED) is 0.744. The van der Waals surface area contributed by atoms with E-state index in [0.29, 0.717) is 10.8 Å². The Hall–Kier alpha value is -3.44. The second kappa shape index (κ2) is 7.43.